The van der Waals surface area contributed by atoms with Gasteiger partial charge >= 0.3 is 0 Å². The number of likely N-dealkylation sites (tertiary alicyclic amines) is 1. The van der Waals surface area contributed by atoms with E-state index in [0.29, 0.717) is 18.1 Å². The molecule has 1 saturated heterocycles. The Hall–Kier alpha value is -1.55. The minimum absolute atomic E-state index is 0.0132. The fourth-order valence-electron chi connectivity index (χ4n) is 2.40. The molecule has 21 heavy (non-hydrogen) atoms. The smallest absolute Gasteiger partial charge is 0.225 e. The van der Waals surface area contributed by atoms with E-state index in [1.807, 2.05) is 38.1 Å². The molecular formula is C16H21ClN2O2. The third-order valence-corrected chi connectivity index (χ3v) is 4.27. The lowest BCUT2D eigenvalue weighted by Crippen LogP contribution is -2.38. The summed E-state index contributed by atoms with van der Waals surface area (Å²) in [6, 6.07) is 7.62. The lowest BCUT2D eigenvalue weighted by atomic mass is 10.1. The first kappa shape index (κ1) is 15.8. The van der Waals surface area contributed by atoms with Gasteiger partial charge in [0.15, 0.2) is 0 Å². The number of carbonyl (C=O) groups is 2. The van der Waals surface area contributed by atoms with Crippen molar-refractivity contribution >= 4 is 23.4 Å². The first-order valence-corrected chi connectivity index (χ1v) is 7.70. The molecule has 1 fully saturated rings. The third-order valence-electron chi connectivity index (χ3n) is 3.91. The molecule has 2 amide bonds. The second kappa shape index (κ2) is 6.94. The van der Waals surface area contributed by atoms with Gasteiger partial charge in [0.2, 0.25) is 11.8 Å². The Morgan fingerprint density at radius 2 is 2.19 bits per heavy atom. The van der Waals surface area contributed by atoms with Crippen molar-refractivity contribution < 1.29 is 9.59 Å². The van der Waals surface area contributed by atoms with Gasteiger partial charge in [-0.25, -0.2) is 0 Å². The van der Waals surface area contributed by atoms with Crippen LogP contribution in [0.5, 0.6) is 0 Å². The fraction of sp³-hybridized carbons (Fsp3) is 0.500. The Kier molecular flexibility index (Phi) is 5.23. The average Bonchev–Trinajstić information content (AvgIpc) is 2.82. The van der Waals surface area contributed by atoms with E-state index in [0.717, 1.165) is 12.0 Å². The molecule has 5 heteroatoms. The highest BCUT2D eigenvalue weighted by molar-refractivity contribution is 6.31. The largest absolute Gasteiger partial charge is 0.353 e. The SMILES string of the molecule is CCC(C)NC(=O)C1CC(=O)N(Cc2ccccc2Cl)C1. The molecule has 2 unspecified atom stereocenters. The van der Waals surface area contributed by atoms with Crippen LogP contribution in [0.25, 0.3) is 0 Å². The summed E-state index contributed by atoms with van der Waals surface area (Å²) in [7, 11) is 0. The van der Waals surface area contributed by atoms with Crippen LogP contribution in [-0.4, -0.2) is 29.3 Å². The van der Waals surface area contributed by atoms with E-state index < -0.39 is 0 Å². The molecule has 0 bridgehead atoms. The van der Waals surface area contributed by atoms with Gasteiger partial charge in [-0.15, -0.1) is 0 Å². The van der Waals surface area contributed by atoms with Gasteiger partial charge in [-0.2, -0.15) is 0 Å². The van der Waals surface area contributed by atoms with Gasteiger partial charge in [-0.1, -0.05) is 36.7 Å². The molecule has 0 saturated carbocycles. The molecule has 2 atom stereocenters. The standard InChI is InChI=1S/C16H21ClN2O2/c1-3-11(2)18-16(21)13-8-15(20)19(10-13)9-12-6-4-5-7-14(12)17/h4-7,11,13H,3,8-10H2,1-2H3,(H,18,21). The predicted octanol–water partition coefficient (Wildman–Crippen LogP) is 2.60. The molecule has 1 N–H and O–H groups in total. The van der Waals surface area contributed by atoms with Crippen molar-refractivity contribution in [3.8, 4) is 0 Å². The maximum absolute atomic E-state index is 12.1. The topological polar surface area (TPSA) is 49.4 Å². The molecular weight excluding hydrogens is 288 g/mol. The van der Waals surface area contributed by atoms with Gasteiger partial charge in [0.1, 0.15) is 0 Å². The highest BCUT2D eigenvalue weighted by atomic mass is 35.5. The van der Waals surface area contributed by atoms with Crippen LogP contribution in [-0.2, 0) is 16.1 Å². The summed E-state index contributed by atoms with van der Waals surface area (Å²) in [6.07, 6.45) is 1.17. The van der Waals surface area contributed by atoms with E-state index in [9.17, 15) is 9.59 Å². The summed E-state index contributed by atoms with van der Waals surface area (Å²) in [4.78, 5) is 25.9. The van der Waals surface area contributed by atoms with E-state index in [1.165, 1.54) is 0 Å². The van der Waals surface area contributed by atoms with Crippen LogP contribution < -0.4 is 5.32 Å². The number of rotatable bonds is 5. The first-order valence-electron chi connectivity index (χ1n) is 7.32. The second-order valence-electron chi connectivity index (χ2n) is 5.58. The van der Waals surface area contributed by atoms with Crippen molar-refractivity contribution in [2.45, 2.75) is 39.3 Å². The van der Waals surface area contributed by atoms with Crippen LogP contribution in [0, 0.1) is 5.92 Å². The minimum Gasteiger partial charge on any atom is -0.353 e. The quantitative estimate of drug-likeness (QED) is 0.909. The number of hydrogen-bond acceptors (Lipinski definition) is 2. The first-order chi connectivity index (χ1) is 10.0. The van der Waals surface area contributed by atoms with E-state index in [-0.39, 0.29) is 30.2 Å². The molecule has 114 valence electrons. The summed E-state index contributed by atoms with van der Waals surface area (Å²) >= 11 is 6.12. The van der Waals surface area contributed by atoms with Gasteiger partial charge in [0, 0.05) is 30.6 Å². The number of amides is 2. The van der Waals surface area contributed by atoms with Crippen LogP contribution >= 0.6 is 11.6 Å². The minimum atomic E-state index is -0.256. The number of nitrogens with zero attached hydrogens (tertiary/aromatic N) is 1. The van der Waals surface area contributed by atoms with E-state index in [4.69, 9.17) is 11.6 Å². The van der Waals surface area contributed by atoms with Crippen molar-refractivity contribution in [1.29, 1.82) is 0 Å². The Morgan fingerprint density at radius 3 is 2.86 bits per heavy atom. The second-order valence-corrected chi connectivity index (χ2v) is 5.99. The van der Waals surface area contributed by atoms with Gasteiger partial charge in [-0.3, -0.25) is 9.59 Å². The van der Waals surface area contributed by atoms with Gasteiger partial charge in [0.25, 0.3) is 0 Å². The van der Waals surface area contributed by atoms with Crippen molar-refractivity contribution in [2.24, 2.45) is 5.92 Å². The number of hydrogen-bond donors (Lipinski definition) is 1. The summed E-state index contributed by atoms with van der Waals surface area (Å²) in [5.41, 5.74) is 0.913. The van der Waals surface area contributed by atoms with Crippen LogP contribution in [0.1, 0.15) is 32.3 Å². The third kappa shape index (κ3) is 3.97. The highest BCUT2D eigenvalue weighted by Crippen LogP contribution is 2.23. The average molecular weight is 309 g/mol. The zero-order chi connectivity index (χ0) is 15.4. The molecule has 0 radical (unpaired) electrons. The maximum atomic E-state index is 12.1. The molecule has 1 aliphatic rings. The Morgan fingerprint density at radius 1 is 1.48 bits per heavy atom. The lowest BCUT2D eigenvalue weighted by molar-refractivity contribution is -0.129. The number of carbonyl (C=O) groups excluding carboxylic acids is 2. The molecule has 1 heterocycles. The molecule has 0 spiro atoms. The summed E-state index contributed by atoms with van der Waals surface area (Å²) in [5, 5.41) is 3.59. The van der Waals surface area contributed by atoms with E-state index in [2.05, 4.69) is 5.32 Å². The van der Waals surface area contributed by atoms with E-state index >= 15 is 0 Å². The lowest BCUT2D eigenvalue weighted by Gasteiger charge is -2.18. The molecule has 2 rings (SSSR count). The van der Waals surface area contributed by atoms with Crippen LogP contribution in [0.15, 0.2) is 24.3 Å². The zero-order valence-electron chi connectivity index (χ0n) is 12.4. The number of halogens is 1. The van der Waals surface area contributed by atoms with Crippen molar-refractivity contribution in [1.82, 2.24) is 10.2 Å². The molecule has 0 aliphatic carbocycles. The Balaban J connectivity index is 1.97. The summed E-state index contributed by atoms with van der Waals surface area (Å²) < 4.78 is 0. The van der Waals surface area contributed by atoms with Gasteiger partial charge < -0.3 is 10.2 Å². The predicted molar refractivity (Wildman–Crippen MR) is 82.9 cm³/mol. The molecule has 1 aromatic rings. The highest BCUT2D eigenvalue weighted by Gasteiger charge is 2.34. The Bertz CT molecular complexity index is 533. The normalized spacial score (nSPS) is 19.7. The number of nitrogens with one attached hydrogen (secondary N) is 1. The van der Waals surface area contributed by atoms with Crippen LogP contribution in [0.4, 0.5) is 0 Å². The van der Waals surface area contributed by atoms with Crippen molar-refractivity contribution in [3.05, 3.63) is 34.9 Å². The maximum Gasteiger partial charge on any atom is 0.225 e. The zero-order valence-corrected chi connectivity index (χ0v) is 13.2. The molecule has 1 aromatic carbocycles. The van der Waals surface area contributed by atoms with Gasteiger partial charge in [-0.05, 0) is 25.0 Å². The van der Waals surface area contributed by atoms with Crippen molar-refractivity contribution in [3.63, 3.8) is 0 Å². The van der Waals surface area contributed by atoms with Crippen LogP contribution in [0.3, 0.4) is 0 Å². The van der Waals surface area contributed by atoms with Crippen LogP contribution in [0.2, 0.25) is 5.02 Å². The summed E-state index contributed by atoms with van der Waals surface area (Å²) in [6.45, 7) is 4.92. The summed E-state index contributed by atoms with van der Waals surface area (Å²) in [5.74, 6) is -0.271. The molecule has 4 nitrogen and oxygen atoms in total. The Labute approximate surface area is 130 Å². The molecule has 1 aliphatic heterocycles. The molecule has 0 aromatic heterocycles. The number of benzene rings is 1. The van der Waals surface area contributed by atoms with Gasteiger partial charge in [0.05, 0.1) is 5.92 Å². The van der Waals surface area contributed by atoms with E-state index in [1.54, 1.807) is 4.90 Å². The monoisotopic (exact) mass is 308 g/mol. The fourth-order valence-corrected chi connectivity index (χ4v) is 2.59. The van der Waals surface area contributed by atoms with Crippen molar-refractivity contribution in [2.75, 3.05) is 6.54 Å².